The molecule has 11 nitrogen and oxygen atoms in total. The summed E-state index contributed by atoms with van der Waals surface area (Å²) < 4.78 is 5.38. The van der Waals surface area contributed by atoms with Gasteiger partial charge in [0.25, 0.3) is 0 Å². The first kappa shape index (κ1) is 36.1. The molecule has 0 aliphatic carbocycles. The van der Waals surface area contributed by atoms with Gasteiger partial charge in [0.05, 0.1) is 17.9 Å². The summed E-state index contributed by atoms with van der Waals surface area (Å²) in [5.41, 5.74) is 4.79. The van der Waals surface area contributed by atoms with Crippen LogP contribution in [-0.4, -0.2) is 67.8 Å². The highest BCUT2D eigenvalue weighted by Crippen LogP contribution is 2.29. The third-order valence-corrected chi connectivity index (χ3v) is 8.85. The Morgan fingerprint density at radius 1 is 0.962 bits per heavy atom. The molecule has 0 saturated carbocycles. The van der Waals surface area contributed by atoms with Crippen LogP contribution in [0.2, 0.25) is 0 Å². The van der Waals surface area contributed by atoms with Crippen molar-refractivity contribution in [3.05, 3.63) is 113 Å². The maximum atomic E-state index is 13.1. The van der Waals surface area contributed by atoms with Crippen molar-refractivity contribution in [2.45, 2.75) is 70.6 Å². The summed E-state index contributed by atoms with van der Waals surface area (Å²) in [4.78, 5) is 40.5. The molecular weight excluding hydrogens is 653 g/mol. The van der Waals surface area contributed by atoms with Gasteiger partial charge in [-0.3, -0.25) is 14.8 Å². The van der Waals surface area contributed by atoms with Gasteiger partial charge in [-0.25, -0.2) is 14.8 Å². The lowest BCUT2D eigenvalue weighted by Crippen LogP contribution is -2.42. The SMILES string of the molecule is CN1CCCC1c1nc(-c2ccc(C#Cc3ccc(-c4cnc(CCCCNC(=O)C(NC(=O)OC(C)(C)C)c5ccccc5)[nH]4)cc3)cc2)n[nH]1. The van der Waals surface area contributed by atoms with E-state index in [1.54, 1.807) is 20.8 Å². The highest BCUT2D eigenvalue weighted by molar-refractivity contribution is 5.86. The Hall–Kier alpha value is -5.73. The number of aryl methyl sites for hydroxylation is 1. The Kier molecular flexibility index (Phi) is 11.5. The first-order valence-electron chi connectivity index (χ1n) is 17.8. The van der Waals surface area contributed by atoms with E-state index in [-0.39, 0.29) is 5.91 Å². The Morgan fingerprint density at radius 3 is 2.31 bits per heavy atom. The molecule has 4 N–H and O–H groups in total. The lowest BCUT2D eigenvalue weighted by Gasteiger charge is -2.23. The van der Waals surface area contributed by atoms with Crippen molar-refractivity contribution in [2.24, 2.45) is 0 Å². The number of hydrogen-bond donors (Lipinski definition) is 4. The number of H-pyrrole nitrogens is 2. The minimum absolute atomic E-state index is 0.285. The number of carbonyl (C=O) groups is 2. The van der Waals surface area contributed by atoms with Crippen LogP contribution in [0.3, 0.4) is 0 Å². The third-order valence-electron chi connectivity index (χ3n) is 8.85. The van der Waals surface area contributed by atoms with E-state index in [9.17, 15) is 9.59 Å². The van der Waals surface area contributed by atoms with Crippen LogP contribution in [0.4, 0.5) is 4.79 Å². The molecule has 2 amide bonds. The molecule has 11 heteroatoms. The smallest absolute Gasteiger partial charge is 0.408 e. The van der Waals surface area contributed by atoms with Crippen molar-refractivity contribution in [3.63, 3.8) is 0 Å². The lowest BCUT2D eigenvalue weighted by atomic mass is 10.1. The number of imidazole rings is 1. The van der Waals surface area contributed by atoms with Gasteiger partial charge in [0, 0.05) is 29.7 Å². The minimum atomic E-state index is -0.851. The number of amides is 2. The summed E-state index contributed by atoms with van der Waals surface area (Å²) in [5.74, 6) is 8.75. The van der Waals surface area contributed by atoms with Crippen LogP contribution in [0, 0.1) is 11.8 Å². The molecule has 1 fully saturated rings. The second-order valence-electron chi connectivity index (χ2n) is 14.1. The van der Waals surface area contributed by atoms with Crippen molar-refractivity contribution in [3.8, 4) is 34.5 Å². The van der Waals surface area contributed by atoms with Crippen molar-refractivity contribution < 1.29 is 14.3 Å². The first-order valence-corrected chi connectivity index (χ1v) is 17.8. The normalized spacial score (nSPS) is 15.0. The predicted octanol–water partition coefficient (Wildman–Crippen LogP) is 6.73. The summed E-state index contributed by atoms with van der Waals surface area (Å²) in [6.07, 6.45) is 5.81. The standard InChI is InChI=1S/C41H46N8O3/c1-41(2,3)52-40(51)45-36(31-11-6-5-7-12-31)39(50)42-25-9-8-14-35-43-27-33(44-35)30-21-17-28(18-22-30)15-16-29-19-23-32(24-20-29)37-46-38(48-47-37)34-13-10-26-49(34)4/h5-7,11-12,17-24,27,34,36H,8-10,13-14,25-26H2,1-4H3,(H,42,50)(H,43,44)(H,45,51)(H,46,47,48). The zero-order valence-corrected chi connectivity index (χ0v) is 30.2. The second kappa shape index (κ2) is 16.5. The van der Waals surface area contributed by atoms with E-state index in [1.165, 1.54) is 6.42 Å². The van der Waals surface area contributed by atoms with Gasteiger partial charge in [-0.05, 0) is 108 Å². The maximum absolute atomic E-state index is 13.1. The van der Waals surface area contributed by atoms with Gasteiger partial charge in [-0.1, -0.05) is 54.3 Å². The lowest BCUT2D eigenvalue weighted by molar-refractivity contribution is -0.123. The Balaban J connectivity index is 0.957. The molecule has 2 unspecified atom stereocenters. The average molecular weight is 699 g/mol. The predicted molar refractivity (Wildman–Crippen MR) is 201 cm³/mol. The monoisotopic (exact) mass is 698 g/mol. The number of carbonyl (C=O) groups excluding carboxylic acids is 2. The van der Waals surface area contributed by atoms with Crippen LogP contribution in [0.15, 0.2) is 85.1 Å². The van der Waals surface area contributed by atoms with E-state index in [4.69, 9.17) is 9.72 Å². The zero-order chi connectivity index (χ0) is 36.5. The number of likely N-dealkylation sites (tertiary alicyclic amines) is 1. The van der Waals surface area contributed by atoms with Gasteiger partial charge in [-0.2, -0.15) is 5.10 Å². The average Bonchev–Trinajstić information content (AvgIpc) is 3.91. The third kappa shape index (κ3) is 9.74. The molecule has 1 aliphatic heterocycles. The molecule has 52 heavy (non-hydrogen) atoms. The van der Waals surface area contributed by atoms with Crippen molar-refractivity contribution in [1.82, 2.24) is 40.7 Å². The number of aromatic amines is 2. The van der Waals surface area contributed by atoms with Crippen LogP contribution in [0.25, 0.3) is 22.6 Å². The van der Waals surface area contributed by atoms with Gasteiger partial charge < -0.3 is 20.4 Å². The van der Waals surface area contributed by atoms with Crippen LogP contribution in [0.1, 0.15) is 86.9 Å². The molecule has 1 saturated heterocycles. The van der Waals surface area contributed by atoms with Gasteiger partial charge in [0.15, 0.2) is 5.82 Å². The van der Waals surface area contributed by atoms with Gasteiger partial charge in [0.2, 0.25) is 5.91 Å². The van der Waals surface area contributed by atoms with E-state index in [2.05, 4.69) is 54.6 Å². The van der Waals surface area contributed by atoms with Crippen LogP contribution in [0.5, 0.6) is 0 Å². The van der Waals surface area contributed by atoms with Gasteiger partial charge in [-0.15, -0.1) is 0 Å². The molecule has 6 rings (SSSR count). The molecular formula is C41H46N8O3. The fraction of sp³-hybridized carbons (Fsp3) is 0.341. The van der Waals surface area contributed by atoms with E-state index >= 15 is 0 Å². The number of benzene rings is 3. The molecule has 3 heterocycles. The van der Waals surface area contributed by atoms with E-state index < -0.39 is 17.7 Å². The number of nitrogens with one attached hydrogen (secondary N) is 4. The Bertz CT molecular complexity index is 2000. The number of nitrogens with zero attached hydrogens (tertiary/aromatic N) is 4. The molecule has 2 aromatic heterocycles. The first-order chi connectivity index (χ1) is 25.1. The van der Waals surface area contributed by atoms with E-state index in [0.29, 0.717) is 24.0 Å². The van der Waals surface area contributed by atoms with E-state index in [1.807, 2.05) is 85.1 Å². The largest absolute Gasteiger partial charge is 0.444 e. The summed E-state index contributed by atoms with van der Waals surface area (Å²) in [7, 11) is 2.13. The molecule has 268 valence electrons. The number of ether oxygens (including phenoxy) is 1. The minimum Gasteiger partial charge on any atom is -0.444 e. The van der Waals surface area contributed by atoms with E-state index in [0.717, 1.165) is 71.8 Å². The second-order valence-corrected chi connectivity index (χ2v) is 14.1. The molecule has 0 spiro atoms. The highest BCUT2D eigenvalue weighted by atomic mass is 16.6. The topological polar surface area (TPSA) is 141 Å². The number of hydrogen-bond acceptors (Lipinski definition) is 7. The van der Waals surface area contributed by atoms with Gasteiger partial charge in [0.1, 0.15) is 23.3 Å². The Morgan fingerprint density at radius 2 is 1.65 bits per heavy atom. The number of rotatable bonds is 11. The molecule has 0 bridgehead atoms. The fourth-order valence-corrected chi connectivity index (χ4v) is 6.13. The molecule has 1 aliphatic rings. The number of alkyl carbamates (subject to hydrolysis) is 1. The van der Waals surface area contributed by atoms with Gasteiger partial charge >= 0.3 is 6.09 Å². The van der Waals surface area contributed by atoms with Crippen molar-refractivity contribution >= 4 is 12.0 Å². The Labute approximate surface area is 305 Å². The summed E-state index contributed by atoms with van der Waals surface area (Å²) >= 11 is 0. The quantitative estimate of drug-likeness (QED) is 0.0886. The molecule has 5 aromatic rings. The van der Waals surface area contributed by atoms with Crippen molar-refractivity contribution in [1.29, 1.82) is 0 Å². The van der Waals surface area contributed by atoms with Crippen LogP contribution in [-0.2, 0) is 16.0 Å². The summed E-state index contributed by atoms with van der Waals surface area (Å²) in [5, 5.41) is 13.2. The van der Waals surface area contributed by atoms with Crippen LogP contribution >= 0.6 is 0 Å². The molecule has 3 aromatic carbocycles. The summed E-state index contributed by atoms with van der Waals surface area (Å²) in [6, 6.07) is 24.7. The number of unbranched alkanes of at least 4 members (excludes halogenated alkanes) is 1. The highest BCUT2D eigenvalue weighted by Gasteiger charge is 2.27. The number of aromatic nitrogens is 5. The fourth-order valence-electron chi connectivity index (χ4n) is 6.13. The van der Waals surface area contributed by atoms with Crippen molar-refractivity contribution in [2.75, 3.05) is 20.1 Å². The maximum Gasteiger partial charge on any atom is 0.408 e. The molecule has 0 radical (unpaired) electrons. The zero-order valence-electron chi connectivity index (χ0n) is 30.2. The summed E-state index contributed by atoms with van der Waals surface area (Å²) in [6.45, 7) is 6.91. The molecule has 2 atom stereocenters. The van der Waals surface area contributed by atoms with Crippen LogP contribution < -0.4 is 10.6 Å².